The van der Waals surface area contributed by atoms with E-state index in [2.05, 4.69) is 52.7 Å². The summed E-state index contributed by atoms with van der Waals surface area (Å²) in [4.78, 5) is 5.06. The Morgan fingerprint density at radius 3 is 1.98 bits per heavy atom. The molecular weight excluding hydrogens is 860 g/mol. The van der Waals surface area contributed by atoms with Gasteiger partial charge in [0.05, 0.1) is 46.9 Å². The van der Waals surface area contributed by atoms with Gasteiger partial charge in [-0.1, -0.05) is 116 Å². The minimum Gasteiger partial charge on any atom is -0.359 e. The molecular formula is C48H52F2N4O8P2. The highest BCUT2D eigenvalue weighted by molar-refractivity contribution is 7.62. The largest absolute Gasteiger partial charge is 0.399 e. The number of ether oxygens (including phenoxy) is 2. The lowest BCUT2D eigenvalue weighted by molar-refractivity contribution is -0.0881. The summed E-state index contributed by atoms with van der Waals surface area (Å²) in [6, 6.07) is 40.8. The lowest BCUT2D eigenvalue weighted by Gasteiger charge is -2.36. The fourth-order valence-corrected chi connectivity index (χ4v) is 10.7. The minimum absolute atomic E-state index is 0.104. The molecule has 2 aromatic heterocycles. The minimum atomic E-state index is -4.58. The third-order valence-electron chi connectivity index (χ3n) is 11.0. The second kappa shape index (κ2) is 20.9. The molecule has 16 heteroatoms. The van der Waals surface area contributed by atoms with E-state index >= 15 is 0 Å². The van der Waals surface area contributed by atoms with Gasteiger partial charge >= 0.3 is 15.2 Å². The van der Waals surface area contributed by atoms with Crippen LogP contribution in [-0.4, -0.2) is 47.1 Å². The highest BCUT2D eigenvalue weighted by Crippen LogP contribution is 2.52. The Bertz CT molecular complexity index is 2720. The third kappa shape index (κ3) is 10.4. The molecule has 0 saturated heterocycles. The molecule has 2 heterocycles. The molecule has 12 nitrogen and oxygen atoms in total. The predicted molar refractivity (Wildman–Crippen MR) is 243 cm³/mol. The molecule has 7 rings (SSSR count). The zero-order chi connectivity index (χ0) is 45.3. The van der Waals surface area contributed by atoms with Crippen LogP contribution in [0.5, 0.6) is 0 Å². The Morgan fingerprint density at radius 1 is 0.734 bits per heavy atom. The smallest absolute Gasteiger partial charge is 0.359 e. The Hall–Kier alpha value is -5.01. The van der Waals surface area contributed by atoms with Gasteiger partial charge in [0.2, 0.25) is 0 Å². The predicted octanol–water partition coefficient (Wildman–Crippen LogP) is 12.0. The van der Waals surface area contributed by atoms with Crippen LogP contribution in [0.3, 0.4) is 0 Å². The molecule has 7 aromatic rings. The van der Waals surface area contributed by atoms with Crippen LogP contribution in [0.1, 0.15) is 68.2 Å². The number of nitrogens with zero attached hydrogens (tertiary/aromatic N) is 4. The van der Waals surface area contributed by atoms with Crippen molar-refractivity contribution < 1.29 is 46.2 Å². The van der Waals surface area contributed by atoms with Crippen LogP contribution in [-0.2, 0) is 61.7 Å². The van der Waals surface area contributed by atoms with E-state index in [1.807, 2.05) is 95.7 Å². The van der Waals surface area contributed by atoms with Crippen LogP contribution in [0.15, 0.2) is 127 Å². The van der Waals surface area contributed by atoms with Crippen LogP contribution in [0.25, 0.3) is 33.1 Å². The number of halogens is 2. The SMILES string of the molecule is CCOP(=O)(OCC)c1cc(-c2ccc(CC(Cc3ccc(CP(=O)(OF)OF)cc3)(c3ccccc3)n3nnc4ccccc43)cc2)cc2ccc(C(CC(C)C)OCOC)nc12. The first-order valence-corrected chi connectivity index (χ1v) is 24.4. The van der Waals surface area contributed by atoms with E-state index < -0.39 is 26.9 Å². The van der Waals surface area contributed by atoms with Gasteiger partial charge in [0, 0.05) is 25.3 Å². The summed E-state index contributed by atoms with van der Waals surface area (Å²) in [5, 5.41) is 10.5. The van der Waals surface area contributed by atoms with Crippen molar-refractivity contribution in [1.82, 2.24) is 20.0 Å². The standard InChI is InChI=1S/C48H52F2N4O8P2/c1-6-59-64(56,60-7-2)46-29-40(28-39-25-26-43(51-47(39)46)45(27-34(3)4)58-33-57-5)38-23-21-36(22-24-38)31-48(41-13-9-8-10-14-41,54-44-16-12-11-15-42(44)52-53-54)30-35-17-19-37(20-18-35)32-63(55,61-49)62-50/h8-26,28-29,34,45H,6-7,27,30-33H2,1-5H3. The van der Waals surface area contributed by atoms with Crippen molar-refractivity contribution in [2.75, 3.05) is 27.1 Å². The van der Waals surface area contributed by atoms with Crippen molar-refractivity contribution in [2.45, 2.75) is 64.8 Å². The molecule has 0 fully saturated rings. The third-order valence-corrected chi connectivity index (χ3v) is 14.3. The van der Waals surface area contributed by atoms with E-state index in [0.717, 1.165) is 44.2 Å². The van der Waals surface area contributed by atoms with Crippen LogP contribution in [0.4, 0.5) is 9.05 Å². The van der Waals surface area contributed by atoms with Gasteiger partial charge in [0.1, 0.15) is 18.4 Å². The molecule has 0 aliphatic carbocycles. The van der Waals surface area contributed by atoms with Gasteiger partial charge in [-0.15, -0.1) is 14.6 Å². The summed E-state index contributed by atoms with van der Waals surface area (Å²) >= 11 is 0. The van der Waals surface area contributed by atoms with E-state index in [1.165, 1.54) is 0 Å². The molecule has 0 aliphatic rings. The van der Waals surface area contributed by atoms with Crippen molar-refractivity contribution in [3.8, 4) is 11.1 Å². The summed E-state index contributed by atoms with van der Waals surface area (Å²) in [6.45, 7) is 8.24. The van der Waals surface area contributed by atoms with Crippen molar-refractivity contribution in [2.24, 2.45) is 5.92 Å². The molecule has 0 spiro atoms. The Morgan fingerprint density at radius 2 is 1.36 bits per heavy atom. The fourth-order valence-electron chi connectivity index (χ4n) is 8.16. The number of hydrogen-bond donors (Lipinski definition) is 0. The lowest BCUT2D eigenvalue weighted by Crippen LogP contribution is -2.40. The Balaban J connectivity index is 1.32. The van der Waals surface area contributed by atoms with Gasteiger partial charge in [-0.25, -0.2) is 9.67 Å². The average Bonchev–Trinajstić information content (AvgIpc) is 3.76. The number of fused-ring (bicyclic) bond motifs is 2. The van der Waals surface area contributed by atoms with E-state index in [1.54, 1.807) is 33.1 Å². The first kappa shape index (κ1) is 47.0. The lowest BCUT2D eigenvalue weighted by atomic mass is 9.78. The Labute approximate surface area is 371 Å². The molecule has 0 aliphatic heterocycles. The summed E-state index contributed by atoms with van der Waals surface area (Å²) in [7, 11) is -6.84. The number of rotatable bonds is 22. The molecule has 0 saturated carbocycles. The second-order valence-electron chi connectivity index (χ2n) is 16.0. The normalized spacial score (nSPS) is 13.8. The second-order valence-corrected chi connectivity index (χ2v) is 19.8. The monoisotopic (exact) mass is 912 g/mol. The molecule has 2 unspecified atom stereocenters. The molecule has 64 heavy (non-hydrogen) atoms. The van der Waals surface area contributed by atoms with Crippen LogP contribution >= 0.6 is 15.2 Å². The highest BCUT2D eigenvalue weighted by Gasteiger charge is 2.38. The fraction of sp³-hybridized carbons (Fsp3) is 0.312. The van der Waals surface area contributed by atoms with Crippen molar-refractivity contribution in [1.29, 1.82) is 0 Å². The Kier molecular flexibility index (Phi) is 15.3. The molecule has 5 aromatic carbocycles. The number of benzene rings is 5. The first-order valence-electron chi connectivity index (χ1n) is 21.1. The van der Waals surface area contributed by atoms with Crippen molar-refractivity contribution in [3.63, 3.8) is 0 Å². The van der Waals surface area contributed by atoms with Crippen LogP contribution < -0.4 is 5.30 Å². The zero-order valence-corrected chi connectivity index (χ0v) is 38.2. The molecule has 0 amide bonds. The van der Waals surface area contributed by atoms with Gasteiger partial charge in [0.25, 0.3) is 0 Å². The summed E-state index contributed by atoms with van der Waals surface area (Å²) in [5.41, 5.74) is 6.78. The molecule has 0 bridgehead atoms. The van der Waals surface area contributed by atoms with Crippen molar-refractivity contribution >= 4 is 42.4 Å². The molecule has 2 atom stereocenters. The maximum absolute atomic E-state index is 14.6. The number of para-hydroxylation sites is 1. The van der Waals surface area contributed by atoms with E-state index in [4.69, 9.17) is 28.7 Å². The number of aromatic nitrogens is 4. The van der Waals surface area contributed by atoms with Crippen LogP contribution in [0.2, 0.25) is 0 Å². The summed E-state index contributed by atoms with van der Waals surface area (Å²) < 4.78 is 84.6. The van der Waals surface area contributed by atoms with E-state index in [0.29, 0.717) is 47.3 Å². The summed E-state index contributed by atoms with van der Waals surface area (Å²) in [5.74, 6) is 0.320. The molecule has 0 N–H and O–H groups in total. The molecule has 0 radical (unpaired) electrons. The zero-order valence-electron chi connectivity index (χ0n) is 36.4. The van der Waals surface area contributed by atoms with Gasteiger partial charge in [-0.2, -0.15) is 0 Å². The number of hydrogen-bond acceptors (Lipinski definition) is 11. The average molecular weight is 913 g/mol. The first-order chi connectivity index (χ1) is 31.0. The van der Waals surface area contributed by atoms with Crippen LogP contribution in [0, 0.1) is 5.92 Å². The van der Waals surface area contributed by atoms with E-state index in [-0.39, 0.29) is 26.1 Å². The quantitative estimate of drug-likeness (QED) is 0.0475. The highest BCUT2D eigenvalue weighted by atomic mass is 31.2. The van der Waals surface area contributed by atoms with Gasteiger partial charge < -0.3 is 18.5 Å². The van der Waals surface area contributed by atoms with Gasteiger partial charge in [0.15, 0.2) is 0 Å². The number of methoxy groups -OCH3 is 1. The molecule has 336 valence electrons. The maximum atomic E-state index is 14.6. The van der Waals surface area contributed by atoms with Crippen molar-refractivity contribution in [3.05, 3.63) is 155 Å². The number of pyridine rings is 1. The van der Waals surface area contributed by atoms with E-state index in [9.17, 15) is 18.2 Å². The topological polar surface area (TPSA) is 133 Å². The summed E-state index contributed by atoms with van der Waals surface area (Å²) in [6.07, 6.45) is 0.666. The maximum Gasteiger partial charge on any atom is 0.399 e. The van der Waals surface area contributed by atoms with Gasteiger partial charge in [-0.05, 0) is 99.0 Å². The van der Waals surface area contributed by atoms with Gasteiger partial charge in [-0.3, -0.25) is 9.13 Å².